The van der Waals surface area contributed by atoms with Gasteiger partial charge in [0, 0.05) is 16.6 Å². The zero-order chi connectivity index (χ0) is 18.5. The van der Waals surface area contributed by atoms with Gasteiger partial charge in [0.1, 0.15) is 0 Å². The largest absolute Gasteiger partial charge is 0.321 e. The zero-order valence-corrected chi connectivity index (χ0v) is 14.8. The normalized spacial score (nSPS) is 11.3. The Labute approximate surface area is 158 Å². The molecule has 0 bridgehead atoms. The monoisotopic (exact) mass is 349 g/mol. The van der Waals surface area contributed by atoms with Crippen molar-refractivity contribution in [3.63, 3.8) is 0 Å². The Morgan fingerprint density at radius 1 is 0.667 bits per heavy atom. The van der Waals surface area contributed by atoms with Crippen LogP contribution in [0.5, 0.6) is 0 Å². The van der Waals surface area contributed by atoms with Crippen molar-refractivity contribution in [2.45, 2.75) is 0 Å². The number of carbonyl (C=O) groups is 1. The lowest BCUT2D eigenvalue weighted by molar-refractivity contribution is -0.111. The first-order valence-corrected chi connectivity index (χ1v) is 8.92. The quantitative estimate of drug-likeness (QED) is 0.354. The van der Waals surface area contributed by atoms with Crippen LogP contribution >= 0.6 is 0 Å². The van der Waals surface area contributed by atoms with Crippen LogP contribution in [-0.4, -0.2) is 5.91 Å². The van der Waals surface area contributed by atoms with Gasteiger partial charge in [-0.2, -0.15) is 0 Å². The van der Waals surface area contributed by atoms with Crippen molar-refractivity contribution < 1.29 is 4.79 Å². The van der Waals surface area contributed by atoms with Crippen LogP contribution < -0.4 is 5.32 Å². The Hall–Kier alpha value is -3.65. The molecule has 0 aromatic heterocycles. The second kappa shape index (κ2) is 7.71. The molecular formula is C25H19NO. The summed E-state index contributed by atoms with van der Waals surface area (Å²) in [7, 11) is 0. The van der Waals surface area contributed by atoms with E-state index in [4.69, 9.17) is 0 Å². The van der Waals surface area contributed by atoms with Gasteiger partial charge in [-0.25, -0.2) is 0 Å². The molecule has 0 atom stereocenters. The van der Waals surface area contributed by atoms with Crippen molar-refractivity contribution in [1.29, 1.82) is 0 Å². The third-order valence-electron chi connectivity index (χ3n) is 4.48. The van der Waals surface area contributed by atoms with Crippen molar-refractivity contribution in [2.24, 2.45) is 0 Å². The summed E-state index contributed by atoms with van der Waals surface area (Å²) < 4.78 is 0. The molecule has 2 nitrogen and oxygen atoms in total. The number of fused-ring (bicyclic) bond motifs is 1. The minimum atomic E-state index is -0.124. The van der Waals surface area contributed by atoms with E-state index in [1.165, 1.54) is 0 Å². The Kier molecular flexibility index (Phi) is 4.80. The van der Waals surface area contributed by atoms with Crippen LogP contribution in [0, 0.1) is 0 Å². The third kappa shape index (κ3) is 3.80. The molecule has 0 aliphatic heterocycles. The summed E-state index contributed by atoms with van der Waals surface area (Å²) in [5, 5.41) is 5.23. The van der Waals surface area contributed by atoms with E-state index < -0.39 is 0 Å². The van der Waals surface area contributed by atoms with E-state index in [2.05, 4.69) is 5.32 Å². The SMILES string of the molecule is O=C(Nc1cccc2ccccc12)/C(=C\c1ccccc1)c1ccccc1. The lowest BCUT2D eigenvalue weighted by atomic mass is 10.0. The molecule has 1 amide bonds. The summed E-state index contributed by atoms with van der Waals surface area (Å²) in [5.41, 5.74) is 3.33. The number of amides is 1. The summed E-state index contributed by atoms with van der Waals surface area (Å²) in [6.07, 6.45) is 1.93. The topological polar surface area (TPSA) is 29.1 Å². The number of nitrogens with one attached hydrogen (secondary N) is 1. The maximum absolute atomic E-state index is 13.2. The van der Waals surface area contributed by atoms with Gasteiger partial charge in [-0.3, -0.25) is 4.79 Å². The average molecular weight is 349 g/mol. The summed E-state index contributed by atoms with van der Waals surface area (Å²) in [6.45, 7) is 0. The molecule has 0 spiro atoms. The van der Waals surface area contributed by atoms with E-state index in [1.807, 2.05) is 109 Å². The predicted molar refractivity (Wildman–Crippen MR) is 113 cm³/mol. The fourth-order valence-electron chi connectivity index (χ4n) is 3.14. The highest BCUT2D eigenvalue weighted by molar-refractivity contribution is 6.30. The molecule has 130 valence electrons. The number of hydrogen-bond donors (Lipinski definition) is 1. The number of hydrogen-bond acceptors (Lipinski definition) is 1. The lowest BCUT2D eigenvalue weighted by Crippen LogP contribution is -2.14. The predicted octanol–water partition coefficient (Wildman–Crippen LogP) is 6.02. The van der Waals surface area contributed by atoms with Gasteiger partial charge < -0.3 is 5.32 Å². The molecule has 4 rings (SSSR count). The van der Waals surface area contributed by atoms with Crippen molar-refractivity contribution >= 4 is 34.0 Å². The summed E-state index contributed by atoms with van der Waals surface area (Å²) in [4.78, 5) is 13.2. The number of rotatable bonds is 4. The molecule has 1 N–H and O–H groups in total. The van der Waals surface area contributed by atoms with Gasteiger partial charge in [0.25, 0.3) is 5.91 Å². The van der Waals surface area contributed by atoms with E-state index >= 15 is 0 Å². The van der Waals surface area contributed by atoms with Crippen molar-refractivity contribution in [2.75, 3.05) is 5.32 Å². The molecule has 0 fully saturated rings. The van der Waals surface area contributed by atoms with E-state index in [0.717, 1.165) is 27.6 Å². The first-order valence-electron chi connectivity index (χ1n) is 8.92. The smallest absolute Gasteiger partial charge is 0.256 e. The van der Waals surface area contributed by atoms with Crippen molar-refractivity contribution in [3.05, 3.63) is 114 Å². The van der Waals surface area contributed by atoms with Crippen LogP contribution in [0.15, 0.2) is 103 Å². The van der Waals surface area contributed by atoms with E-state index in [-0.39, 0.29) is 5.91 Å². The van der Waals surface area contributed by atoms with Crippen LogP contribution in [0.25, 0.3) is 22.4 Å². The van der Waals surface area contributed by atoms with Gasteiger partial charge in [0.2, 0.25) is 0 Å². The molecule has 0 radical (unpaired) electrons. The van der Waals surface area contributed by atoms with Crippen LogP contribution in [0.3, 0.4) is 0 Å². The van der Waals surface area contributed by atoms with Gasteiger partial charge in [-0.1, -0.05) is 97.1 Å². The number of benzene rings is 4. The highest BCUT2D eigenvalue weighted by Crippen LogP contribution is 2.26. The van der Waals surface area contributed by atoms with Crippen LogP contribution in [0.2, 0.25) is 0 Å². The maximum atomic E-state index is 13.2. The second-order valence-corrected chi connectivity index (χ2v) is 6.32. The van der Waals surface area contributed by atoms with E-state index in [0.29, 0.717) is 5.57 Å². The van der Waals surface area contributed by atoms with Gasteiger partial charge in [-0.15, -0.1) is 0 Å². The summed E-state index contributed by atoms with van der Waals surface area (Å²) >= 11 is 0. The molecule has 4 aromatic carbocycles. The molecule has 0 saturated heterocycles. The molecule has 0 heterocycles. The third-order valence-corrected chi connectivity index (χ3v) is 4.48. The van der Waals surface area contributed by atoms with E-state index in [9.17, 15) is 4.79 Å². The maximum Gasteiger partial charge on any atom is 0.256 e. The molecular weight excluding hydrogens is 330 g/mol. The van der Waals surface area contributed by atoms with Gasteiger partial charge in [-0.05, 0) is 28.7 Å². The minimum absolute atomic E-state index is 0.124. The Morgan fingerprint density at radius 3 is 2.07 bits per heavy atom. The van der Waals surface area contributed by atoms with Crippen molar-refractivity contribution in [1.82, 2.24) is 0 Å². The molecule has 0 aliphatic rings. The average Bonchev–Trinajstić information content (AvgIpc) is 2.73. The van der Waals surface area contributed by atoms with Crippen molar-refractivity contribution in [3.8, 4) is 0 Å². The highest BCUT2D eigenvalue weighted by atomic mass is 16.1. The first-order chi connectivity index (χ1) is 13.3. The van der Waals surface area contributed by atoms with Crippen LogP contribution in [0.4, 0.5) is 5.69 Å². The Bertz CT molecular complexity index is 1090. The fourth-order valence-corrected chi connectivity index (χ4v) is 3.14. The molecule has 0 unspecified atom stereocenters. The minimum Gasteiger partial charge on any atom is -0.321 e. The first kappa shape index (κ1) is 16.8. The molecule has 4 aromatic rings. The van der Waals surface area contributed by atoms with E-state index in [1.54, 1.807) is 0 Å². The Balaban J connectivity index is 1.74. The molecule has 0 aliphatic carbocycles. The summed E-state index contributed by atoms with van der Waals surface area (Å²) in [5.74, 6) is -0.124. The standard InChI is InChI=1S/C25H19NO/c27-25(26-24-17-9-15-20-14-7-8-16-22(20)24)23(21-12-5-2-6-13-21)18-19-10-3-1-4-11-19/h1-18H,(H,26,27)/b23-18-. The van der Waals surface area contributed by atoms with Gasteiger partial charge >= 0.3 is 0 Å². The fraction of sp³-hybridized carbons (Fsp3) is 0. The van der Waals surface area contributed by atoms with Crippen LogP contribution in [-0.2, 0) is 4.79 Å². The summed E-state index contributed by atoms with van der Waals surface area (Å²) in [6, 6.07) is 33.6. The Morgan fingerprint density at radius 2 is 1.30 bits per heavy atom. The molecule has 0 saturated carbocycles. The van der Waals surface area contributed by atoms with Gasteiger partial charge in [0.05, 0.1) is 0 Å². The van der Waals surface area contributed by atoms with Gasteiger partial charge in [0.15, 0.2) is 0 Å². The molecule has 27 heavy (non-hydrogen) atoms. The number of anilines is 1. The van der Waals surface area contributed by atoms with Crippen LogP contribution in [0.1, 0.15) is 11.1 Å². The zero-order valence-electron chi connectivity index (χ0n) is 14.8. The number of carbonyl (C=O) groups excluding carboxylic acids is 1. The lowest BCUT2D eigenvalue weighted by Gasteiger charge is -2.12. The molecule has 2 heteroatoms. The highest BCUT2D eigenvalue weighted by Gasteiger charge is 2.13. The second-order valence-electron chi connectivity index (χ2n) is 6.32.